The van der Waals surface area contributed by atoms with Crippen LogP contribution in [0.4, 0.5) is 0 Å². The average molecular weight is 245 g/mol. The SMILES string of the molecule is O=S(=O)(Cl)Cc1ccccc1C1CCC1. The van der Waals surface area contributed by atoms with E-state index in [-0.39, 0.29) is 5.75 Å². The lowest BCUT2D eigenvalue weighted by molar-refractivity contribution is 0.418. The molecule has 0 heterocycles. The molecular weight excluding hydrogens is 232 g/mol. The fourth-order valence-electron chi connectivity index (χ4n) is 1.97. The Balaban J connectivity index is 2.29. The fourth-order valence-corrected chi connectivity index (χ4v) is 2.96. The molecule has 4 heteroatoms. The van der Waals surface area contributed by atoms with Gasteiger partial charge in [-0.2, -0.15) is 0 Å². The molecule has 1 aromatic rings. The summed E-state index contributed by atoms with van der Waals surface area (Å²) in [6, 6.07) is 7.69. The summed E-state index contributed by atoms with van der Waals surface area (Å²) in [7, 11) is 1.83. The van der Waals surface area contributed by atoms with Crippen LogP contribution in [0.5, 0.6) is 0 Å². The molecule has 0 spiro atoms. The summed E-state index contributed by atoms with van der Waals surface area (Å²) in [5.41, 5.74) is 2.02. The summed E-state index contributed by atoms with van der Waals surface area (Å²) in [5.74, 6) is 0.487. The zero-order valence-corrected chi connectivity index (χ0v) is 9.89. The molecule has 2 nitrogen and oxygen atoms in total. The first-order valence-corrected chi connectivity index (χ1v) is 7.54. The van der Waals surface area contributed by atoms with Crippen molar-refractivity contribution in [3.63, 3.8) is 0 Å². The summed E-state index contributed by atoms with van der Waals surface area (Å²) in [6.45, 7) is 0. The van der Waals surface area contributed by atoms with Crippen molar-refractivity contribution in [2.75, 3.05) is 0 Å². The van der Waals surface area contributed by atoms with Gasteiger partial charge in [-0.3, -0.25) is 0 Å². The van der Waals surface area contributed by atoms with E-state index in [1.54, 1.807) is 0 Å². The normalized spacial score (nSPS) is 17.4. The first kappa shape index (κ1) is 11.0. The zero-order valence-electron chi connectivity index (χ0n) is 8.32. The minimum absolute atomic E-state index is 0.0543. The molecule has 2 rings (SSSR count). The van der Waals surface area contributed by atoms with Crippen LogP contribution >= 0.6 is 10.7 Å². The predicted molar refractivity (Wildman–Crippen MR) is 61.5 cm³/mol. The second-order valence-electron chi connectivity index (χ2n) is 4.01. The third kappa shape index (κ3) is 2.73. The maximum Gasteiger partial charge on any atom is 0.236 e. The van der Waals surface area contributed by atoms with E-state index in [1.165, 1.54) is 19.3 Å². The molecule has 0 radical (unpaired) electrons. The Kier molecular flexibility index (Phi) is 3.03. The Morgan fingerprint density at radius 2 is 1.93 bits per heavy atom. The fraction of sp³-hybridized carbons (Fsp3) is 0.455. The molecule has 0 aromatic heterocycles. The van der Waals surface area contributed by atoms with E-state index in [0.29, 0.717) is 5.92 Å². The summed E-state index contributed by atoms with van der Waals surface area (Å²) in [6.07, 6.45) is 3.57. The number of benzene rings is 1. The maximum atomic E-state index is 11.0. The molecule has 0 aliphatic heterocycles. The summed E-state index contributed by atoms with van der Waals surface area (Å²) in [4.78, 5) is 0. The van der Waals surface area contributed by atoms with E-state index in [0.717, 1.165) is 11.1 Å². The second kappa shape index (κ2) is 4.14. The van der Waals surface area contributed by atoms with Crippen molar-refractivity contribution in [3.8, 4) is 0 Å². The van der Waals surface area contributed by atoms with Gasteiger partial charge in [0.15, 0.2) is 0 Å². The van der Waals surface area contributed by atoms with Crippen molar-refractivity contribution in [2.45, 2.75) is 30.9 Å². The van der Waals surface area contributed by atoms with Crippen LogP contribution in [0.15, 0.2) is 24.3 Å². The molecule has 0 unspecified atom stereocenters. The Morgan fingerprint density at radius 3 is 2.47 bits per heavy atom. The quantitative estimate of drug-likeness (QED) is 0.766. The topological polar surface area (TPSA) is 34.1 Å². The van der Waals surface area contributed by atoms with Crippen LogP contribution in [0.2, 0.25) is 0 Å². The van der Waals surface area contributed by atoms with Crippen LogP contribution in [-0.4, -0.2) is 8.42 Å². The molecule has 1 aliphatic rings. The van der Waals surface area contributed by atoms with Crippen LogP contribution in [0, 0.1) is 0 Å². The van der Waals surface area contributed by atoms with E-state index in [2.05, 4.69) is 0 Å². The third-order valence-corrected chi connectivity index (χ3v) is 3.91. The zero-order chi connectivity index (χ0) is 10.9. The number of hydrogen-bond acceptors (Lipinski definition) is 2. The molecule has 0 saturated heterocycles. The molecule has 1 aromatic carbocycles. The highest BCUT2D eigenvalue weighted by atomic mass is 35.7. The first-order valence-electron chi connectivity index (χ1n) is 5.06. The smallest absolute Gasteiger partial charge is 0.212 e. The number of rotatable bonds is 3. The van der Waals surface area contributed by atoms with Gasteiger partial charge in [-0.05, 0) is 29.9 Å². The van der Waals surface area contributed by atoms with Crippen molar-refractivity contribution in [1.29, 1.82) is 0 Å². The number of halogens is 1. The Bertz CT molecular complexity index is 449. The average Bonchev–Trinajstić information content (AvgIpc) is 2.02. The van der Waals surface area contributed by atoms with Gasteiger partial charge in [0.2, 0.25) is 9.05 Å². The van der Waals surface area contributed by atoms with Crippen LogP contribution in [0.25, 0.3) is 0 Å². The Hall–Kier alpha value is -0.540. The largest absolute Gasteiger partial charge is 0.236 e. The van der Waals surface area contributed by atoms with Gasteiger partial charge in [0.25, 0.3) is 0 Å². The van der Waals surface area contributed by atoms with E-state index >= 15 is 0 Å². The summed E-state index contributed by atoms with van der Waals surface area (Å²) >= 11 is 0. The van der Waals surface area contributed by atoms with Crippen LogP contribution in [0.3, 0.4) is 0 Å². The standard InChI is InChI=1S/C11H13ClO2S/c12-15(13,14)8-10-4-1-2-7-11(10)9-5-3-6-9/h1-2,4,7,9H,3,5-6,8H2. The molecule has 0 N–H and O–H groups in total. The monoisotopic (exact) mass is 244 g/mol. The van der Waals surface area contributed by atoms with Gasteiger partial charge < -0.3 is 0 Å². The lowest BCUT2D eigenvalue weighted by atomic mass is 9.78. The second-order valence-corrected chi connectivity index (χ2v) is 6.79. The molecular formula is C11H13ClO2S. The molecule has 1 saturated carbocycles. The van der Waals surface area contributed by atoms with Crippen molar-refractivity contribution in [2.24, 2.45) is 0 Å². The Labute approximate surface area is 94.7 Å². The van der Waals surface area contributed by atoms with Crippen molar-refractivity contribution < 1.29 is 8.42 Å². The van der Waals surface area contributed by atoms with Gasteiger partial charge >= 0.3 is 0 Å². The maximum absolute atomic E-state index is 11.0. The molecule has 82 valence electrons. The van der Waals surface area contributed by atoms with Gasteiger partial charge in [-0.25, -0.2) is 8.42 Å². The van der Waals surface area contributed by atoms with E-state index < -0.39 is 9.05 Å². The summed E-state index contributed by atoms with van der Waals surface area (Å²) < 4.78 is 22.1. The lowest BCUT2D eigenvalue weighted by Gasteiger charge is -2.27. The van der Waals surface area contributed by atoms with Crippen LogP contribution < -0.4 is 0 Å². The highest BCUT2D eigenvalue weighted by Gasteiger charge is 2.23. The Morgan fingerprint density at radius 1 is 1.27 bits per heavy atom. The molecule has 1 fully saturated rings. The summed E-state index contributed by atoms with van der Waals surface area (Å²) in [5, 5.41) is 0. The highest BCUT2D eigenvalue weighted by Crippen LogP contribution is 2.38. The number of hydrogen-bond donors (Lipinski definition) is 0. The predicted octanol–water partition coefficient (Wildman–Crippen LogP) is 3.02. The van der Waals surface area contributed by atoms with Crippen LogP contribution in [0.1, 0.15) is 36.3 Å². The molecule has 0 atom stereocenters. The van der Waals surface area contributed by atoms with E-state index in [1.807, 2.05) is 24.3 Å². The van der Waals surface area contributed by atoms with E-state index in [4.69, 9.17) is 10.7 Å². The molecule has 15 heavy (non-hydrogen) atoms. The molecule has 0 bridgehead atoms. The minimum atomic E-state index is -3.45. The van der Waals surface area contributed by atoms with Crippen molar-refractivity contribution >= 4 is 19.7 Å². The van der Waals surface area contributed by atoms with Gasteiger partial charge in [0.1, 0.15) is 0 Å². The lowest BCUT2D eigenvalue weighted by Crippen LogP contribution is -2.12. The first-order chi connectivity index (χ1) is 7.06. The van der Waals surface area contributed by atoms with Crippen molar-refractivity contribution in [1.82, 2.24) is 0 Å². The minimum Gasteiger partial charge on any atom is -0.212 e. The third-order valence-electron chi connectivity index (χ3n) is 2.93. The van der Waals surface area contributed by atoms with Crippen molar-refractivity contribution in [3.05, 3.63) is 35.4 Å². The molecule has 0 amide bonds. The van der Waals surface area contributed by atoms with Gasteiger partial charge in [0.05, 0.1) is 5.75 Å². The van der Waals surface area contributed by atoms with Crippen LogP contribution in [-0.2, 0) is 14.8 Å². The highest BCUT2D eigenvalue weighted by molar-refractivity contribution is 8.13. The van der Waals surface area contributed by atoms with Gasteiger partial charge in [0, 0.05) is 10.7 Å². The van der Waals surface area contributed by atoms with Gasteiger partial charge in [-0.1, -0.05) is 30.7 Å². The van der Waals surface area contributed by atoms with E-state index in [9.17, 15) is 8.42 Å². The van der Waals surface area contributed by atoms with Gasteiger partial charge in [-0.15, -0.1) is 0 Å². The molecule has 1 aliphatic carbocycles.